The van der Waals surface area contributed by atoms with Gasteiger partial charge >= 0.3 is 0 Å². The maximum atomic E-state index is 9.36. The average molecular weight is 190 g/mol. The molecule has 0 radical (unpaired) electrons. The Morgan fingerprint density at radius 2 is 1.79 bits per heavy atom. The highest BCUT2D eigenvalue weighted by Gasteiger charge is 2.12. The molecule has 0 aliphatic carbocycles. The Kier molecular flexibility index (Phi) is 1.78. The third kappa shape index (κ3) is 1.15. The van der Waals surface area contributed by atoms with Crippen LogP contribution in [0, 0.1) is 0 Å². The summed E-state index contributed by atoms with van der Waals surface area (Å²) in [6.07, 6.45) is 0. The zero-order chi connectivity index (χ0) is 10.1. The molecule has 0 unspecified atom stereocenters. The fourth-order valence-corrected chi connectivity index (χ4v) is 1.21. The molecular formula is C9H10N4O. The molecule has 0 bridgehead atoms. The van der Waals surface area contributed by atoms with Crippen molar-refractivity contribution in [2.24, 2.45) is 0 Å². The zero-order valence-electron chi connectivity index (χ0n) is 7.38. The second-order valence-electron chi connectivity index (χ2n) is 2.87. The van der Waals surface area contributed by atoms with Crippen LogP contribution in [0.25, 0.3) is 5.69 Å². The van der Waals surface area contributed by atoms with E-state index in [9.17, 15) is 5.11 Å². The third-order valence-corrected chi connectivity index (χ3v) is 1.92. The molecular weight excluding hydrogens is 180 g/mol. The maximum absolute atomic E-state index is 9.36. The van der Waals surface area contributed by atoms with Crippen molar-refractivity contribution in [3.05, 3.63) is 30.3 Å². The molecule has 1 heterocycles. The first kappa shape index (κ1) is 8.43. The topological polar surface area (TPSA) is 90.1 Å². The van der Waals surface area contributed by atoms with Crippen LogP contribution in [0.3, 0.4) is 0 Å². The molecule has 0 spiro atoms. The van der Waals surface area contributed by atoms with Gasteiger partial charge in [0, 0.05) is 0 Å². The van der Waals surface area contributed by atoms with E-state index in [4.69, 9.17) is 11.5 Å². The molecule has 5 N–H and O–H groups in total. The fraction of sp³-hybridized carbons (Fsp3) is 0. The molecule has 0 atom stereocenters. The van der Waals surface area contributed by atoms with Crippen molar-refractivity contribution in [1.29, 1.82) is 0 Å². The van der Waals surface area contributed by atoms with Crippen LogP contribution in [0.4, 0.5) is 11.6 Å². The van der Waals surface area contributed by atoms with E-state index in [0.29, 0.717) is 0 Å². The van der Waals surface area contributed by atoms with Gasteiger partial charge in [0.05, 0.1) is 5.69 Å². The van der Waals surface area contributed by atoms with Crippen LogP contribution >= 0.6 is 0 Å². The van der Waals surface area contributed by atoms with Crippen molar-refractivity contribution in [2.45, 2.75) is 0 Å². The molecule has 0 saturated heterocycles. The van der Waals surface area contributed by atoms with Gasteiger partial charge in [-0.2, -0.15) is 0 Å². The number of anilines is 2. The average Bonchev–Trinajstić information content (AvgIpc) is 2.47. The molecule has 0 aliphatic heterocycles. The van der Waals surface area contributed by atoms with Gasteiger partial charge in [-0.25, -0.2) is 4.68 Å². The summed E-state index contributed by atoms with van der Waals surface area (Å²) in [7, 11) is 0. The largest absolute Gasteiger partial charge is 0.502 e. The Balaban J connectivity index is 2.58. The summed E-state index contributed by atoms with van der Waals surface area (Å²) in [4.78, 5) is 0. The second kappa shape index (κ2) is 2.95. The van der Waals surface area contributed by atoms with Crippen LogP contribution in [0.15, 0.2) is 30.3 Å². The number of nitrogens with two attached hydrogens (primary N) is 2. The summed E-state index contributed by atoms with van der Waals surface area (Å²) in [5.41, 5.74) is 11.8. The van der Waals surface area contributed by atoms with Crippen LogP contribution in [-0.2, 0) is 0 Å². The van der Waals surface area contributed by atoms with Gasteiger partial charge in [-0.15, -0.1) is 5.10 Å². The van der Waals surface area contributed by atoms with Crippen LogP contribution in [-0.4, -0.2) is 14.9 Å². The summed E-state index contributed by atoms with van der Waals surface area (Å²) >= 11 is 0. The van der Waals surface area contributed by atoms with E-state index in [0.717, 1.165) is 5.69 Å². The van der Waals surface area contributed by atoms with Crippen LogP contribution in [0.1, 0.15) is 0 Å². The molecule has 2 rings (SSSR count). The van der Waals surface area contributed by atoms with E-state index >= 15 is 0 Å². The van der Waals surface area contributed by atoms with Gasteiger partial charge in [0.15, 0.2) is 11.6 Å². The highest BCUT2D eigenvalue weighted by molar-refractivity contribution is 5.62. The summed E-state index contributed by atoms with van der Waals surface area (Å²) in [6, 6.07) is 9.23. The minimum absolute atomic E-state index is 0.0337. The number of aromatic nitrogens is 2. The number of para-hydroxylation sites is 1. The van der Waals surface area contributed by atoms with E-state index in [1.54, 1.807) is 0 Å². The van der Waals surface area contributed by atoms with Crippen molar-refractivity contribution in [1.82, 2.24) is 9.78 Å². The lowest BCUT2D eigenvalue weighted by Crippen LogP contribution is -2.01. The number of aromatic hydroxyl groups is 1. The summed E-state index contributed by atoms with van der Waals surface area (Å²) in [5.74, 6) is 0.00825. The molecule has 72 valence electrons. The third-order valence-electron chi connectivity index (χ3n) is 1.92. The molecule has 5 heteroatoms. The summed E-state index contributed by atoms with van der Waals surface area (Å²) in [5, 5.41) is 13.3. The Hall–Kier alpha value is -2.17. The lowest BCUT2D eigenvalue weighted by Gasteiger charge is -2.01. The normalized spacial score (nSPS) is 10.3. The van der Waals surface area contributed by atoms with E-state index < -0.39 is 0 Å². The highest BCUT2D eigenvalue weighted by atomic mass is 16.3. The van der Waals surface area contributed by atoms with Gasteiger partial charge in [-0.1, -0.05) is 18.2 Å². The summed E-state index contributed by atoms with van der Waals surface area (Å²) in [6.45, 7) is 0. The van der Waals surface area contributed by atoms with Crippen molar-refractivity contribution in [2.75, 3.05) is 11.5 Å². The highest BCUT2D eigenvalue weighted by Crippen LogP contribution is 2.28. The number of nitrogens with zero attached hydrogens (tertiary/aromatic N) is 2. The van der Waals surface area contributed by atoms with E-state index in [1.807, 2.05) is 30.3 Å². The SMILES string of the molecule is Nc1nn(-c2ccccc2)c(N)c1O. The van der Waals surface area contributed by atoms with Gasteiger partial charge in [0.1, 0.15) is 0 Å². The molecule has 0 aliphatic rings. The number of hydrogen-bond donors (Lipinski definition) is 3. The van der Waals surface area contributed by atoms with Gasteiger partial charge in [-0.05, 0) is 12.1 Å². The smallest absolute Gasteiger partial charge is 0.202 e. The van der Waals surface area contributed by atoms with Crippen LogP contribution < -0.4 is 11.5 Å². The fourth-order valence-electron chi connectivity index (χ4n) is 1.21. The van der Waals surface area contributed by atoms with Crippen LogP contribution in [0.5, 0.6) is 5.75 Å². The van der Waals surface area contributed by atoms with Crippen molar-refractivity contribution in [3.63, 3.8) is 0 Å². The van der Waals surface area contributed by atoms with Crippen LogP contribution in [0.2, 0.25) is 0 Å². The minimum Gasteiger partial charge on any atom is -0.502 e. The minimum atomic E-state index is -0.172. The Morgan fingerprint density at radius 3 is 2.29 bits per heavy atom. The molecule has 14 heavy (non-hydrogen) atoms. The lowest BCUT2D eigenvalue weighted by atomic mass is 10.3. The Morgan fingerprint density at radius 1 is 1.14 bits per heavy atom. The van der Waals surface area contributed by atoms with E-state index in [-0.39, 0.29) is 17.4 Å². The monoisotopic (exact) mass is 190 g/mol. The zero-order valence-corrected chi connectivity index (χ0v) is 7.38. The summed E-state index contributed by atoms with van der Waals surface area (Å²) < 4.78 is 1.39. The standard InChI is InChI=1S/C9H10N4O/c10-8-7(14)9(11)13(12-8)6-4-2-1-3-5-6/h1-5,14H,11H2,(H2,10,12). The molecule has 5 nitrogen and oxygen atoms in total. The number of hydrogen-bond acceptors (Lipinski definition) is 4. The predicted octanol–water partition coefficient (Wildman–Crippen LogP) is 0.742. The Bertz CT molecular complexity index is 449. The molecule has 2 aromatic rings. The van der Waals surface area contributed by atoms with Gasteiger partial charge in [0.2, 0.25) is 5.75 Å². The maximum Gasteiger partial charge on any atom is 0.202 e. The van der Waals surface area contributed by atoms with Gasteiger partial charge in [-0.3, -0.25) is 0 Å². The molecule has 0 fully saturated rings. The number of rotatable bonds is 1. The molecule has 1 aromatic carbocycles. The van der Waals surface area contributed by atoms with Gasteiger partial charge in [0.25, 0.3) is 0 Å². The van der Waals surface area contributed by atoms with Crippen molar-refractivity contribution >= 4 is 11.6 Å². The first-order valence-corrected chi connectivity index (χ1v) is 4.08. The van der Waals surface area contributed by atoms with Crippen molar-refractivity contribution in [3.8, 4) is 11.4 Å². The molecule has 1 aromatic heterocycles. The molecule has 0 saturated carbocycles. The Labute approximate surface area is 80.6 Å². The first-order chi connectivity index (χ1) is 6.70. The quantitative estimate of drug-likeness (QED) is 0.618. The molecule has 0 amide bonds. The number of benzene rings is 1. The second-order valence-corrected chi connectivity index (χ2v) is 2.87. The van der Waals surface area contributed by atoms with E-state index in [1.165, 1.54) is 4.68 Å². The number of nitrogen functional groups attached to an aromatic ring is 2. The lowest BCUT2D eigenvalue weighted by molar-refractivity contribution is 0.480. The van der Waals surface area contributed by atoms with E-state index in [2.05, 4.69) is 5.10 Å². The van der Waals surface area contributed by atoms with Crippen molar-refractivity contribution < 1.29 is 5.11 Å². The van der Waals surface area contributed by atoms with Gasteiger partial charge < -0.3 is 16.6 Å². The first-order valence-electron chi connectivity index (χ1n) is 4.08. The predicted molar refractivity (Wildman–Crippen MR) is 54.1 cm³/mol.